The van der Waals surface area contributed by atoms with Gasteiger partial charge in [0.05, 0.1) is 5.66 Å². The maximum Gasteiger partial charge on any atom is 0.157 e. The summed E-state index contributed by atoms with van der Waals surface area (Å²) >= 11 is 0. The maximum atomic E-state index is 13.8. The van der Waals surface area contributed by atoms with E-state index in [1.54, 1.807) is 0 Å². The maximum absolute atomic E-state index is 13.8. The van der Waals surface area contributed by atoms with E-state index in [-0.39, 0.29) is 5.66 Å². The summed E-state index contributed by atoms with van der Waals surface area (Å²) in [4.78, 5) is 0. The molecule has 0 aliphatic carbocycles. The SMILES string of the molecule is CN(C)P1(=O)CC(c2ccccc2)CCC1c1ccccc1. The molecule has 0 N–H and O–H groups in total. The topological polar surface area (TPSA) is 20.3 Å². The Labute approximate surface area is 133 Å². The lowest BCUT2D eigenvalue weighted by Crippen LogP contribution is -2.25. The van der Waals surface area contributed by atoms with Gasteiger partial charge in [-0.2, -0.15) is 0 Å². The normalized spacial score (nSPS) is 28.7. The molecule has 2 aromatic rings. The van der Waals surface area contributed by atoms with Crippen LogP contribution in [0.4, 0.5) is 0 Å². The van der Waals surface area contributed by atoms with Gasteiger partial charge in [-0.1, -0.05) is 60.7 Å². The van der Waals surface area contributed by atoms with Crippen LogP contribution in [0.15, 0.2) is 60.7 Å². The van der Waals surface area contributed by atoms with E-state index in [9.17, 15) is 4.57 Å². The van der Waals surface area contributed by atoms with Gasteiger partial charge in [0, 0.05) is 6.16 Å². The van der Waals surface area contributed by atoms with Gasteiger partial charge < -0.3 is 4.57 Å². The van der Waals surface area contributed by atoms with Gasteiger partial charge in [0.2, 0.25) is 0 Å². The number of benzene rings is 2. The van der Waals surface area contributed by atoms with Crippen molar-refractivity contribution >= 4 is 7.29 Å². The summed E-state index contributed by atoms with van der Waals surface area (Å²) in [6.07, 6.45) is 2.89. The molecule has 2 nitrogen and oxygen atoms in total. The molecule has 2 aromatic carbocycles. The summed E-state index contributed by atoms with van der Waals surface area (Å²) in [5.74, 6) is 0.411. The van der Waals surface area contributed by atoms with Crippen LogP contribution < -0.4 is 0 Å². The van der Waals surface area contributed by atoms with Crippen LogP contribution in [-0.2, 0) is 4.57 Å². The van der Waals surface area contributed by atoms with Crippen molar-refractivity contribution in [3.05, 3.63) is 71.8 Å². The van der Waals surface area contributed by atoms with Gasteiger partial charge in [-0.05, 0) is 44.0 Å². The van der Waals surface area contributed by atoms with E-state index in [1.165, 1.54) is 11.1 Å². The molecule has 1 aliphatic heterocycles. The van der Waals surface area contributed by atoms with Crippen LogP contribution in [0.1, 0.15) is 35.5 Å². The molecule has 3 rings (SSSR count). The first-order chi connectivity index (χ1) is 10.6. The van der Waals surface area contributed by atoms with Gasteiger partial charge in [0.1, 0.15) is 0 Å². The fourth-order valence-electron chi connectivity index (χ4n) is 3.61. The van der Waals surface area contributed by atoms with E-state index in [0.29, 0.717) is 5.92 Å². The van der Waals surface area contributed by atoms with E-state index < -0.39 is 7.29 Å². The van der Waals surface area contributed by atoms with Gasteiger partial charge >= 0.3 is 0 Å². The number of nitrogens with zero attached hydrogens (tertiary/aromatic N) is 1. The highest BCUT2D eigenvalue weighted by Gasteiger charge is 2.42. The first-order valence-electron chi connectivity index (χ1n) is 7.97. The second kappa shape index (κ2) is 6.40. The molecule has 0 spiro atoms. The molecule has 1 saturated heterocycles. The monoisotopic (exact) mass is 313 g/mol. The molecule has 0 amide bonds. The Morgan fingerprint density at radius 2 is 1.41 bits per heavy atom. The van der Waals surface area contributed by atoms with E-state index in [0.717, 1.165) is 19.0 Å². The quantitative estimate of drug-likeness (QED) is 0.731. The predicted molar refractivity (Wildman–Crippen MR) is 93.8 cm³/mol. The molecule has 1 fully saturated rings. The molecule has 0 saturated carbocycles. The van der Waals surface area contributed by atoms with E-state index in [4.69, 9.17) is 0 Å². The summed E-state index contributed by atoms with van der Waals surface area (Å²) < 4.78 is 15.8. The molecule has 3 atom stereocenters. The largest absolute Gasteiger partial charge is 0.306 e. The van der Waals surface area contributed by atoms with Crippen molar-refractivity contribution in [2.45, 2.75) is 24.4 Å². The standard InChI is InChI=1S/C19H24NOP/c1-20(2)22(21)15-18(16-9-5-3-6-10-16)13-14-19(22)17-11-7-4-8-12-17/h3-12,18-19H,13-15H2,1-2H3. The first kappa shape index (κ1) is 15.5. The molecule has 3 heteroatoms. The van der Waals surface area contributed by atoms with E-state index >= 15 is 0 Å². The summed E-state index contributed by atoms with van der Waals surface area (Å²) in [5, 5.41) is 0. The number of hydrogen-bond donors (Lipinski definition) is 0. The molecular weight excluding hydrogens is 289 g/mol. The zero-order valence-electron chi connectivity index (χ0n) is 13.4. The molecule has 0 aromatic heterocycles. The first-order valence-corrected chi connectivity index (χ1v) is 9.89. The van der Waals surface area contributed by atoms with E-state index in [2.05, 4.69) is 48.5 Å². The van der Waals surface area contributed by atoms with Crippen LogP contribution >= 0.6 is 7.29 Å². The van der Waals surface area contributed by atoms with Crippen molar-refractivity contribution in [2.75, 3.05) is 20.3 Å². The predicted octanol–water partition coefficient (Wildman–Crippen LogP) is 5.15. The fourth-order valence-corrected chi connectivity index (χ4v) is 6.96. The summed E-state index contributed by atoms with van der Waals surface area (Å²) in [5.41, 5.74) is 2.73. The Morgan fingerprint density at radius 1 is 0.864 bits per heavy atom. The highest BCUT2D eigenvalue weighted by atomic mass is 31.2. The van der Waals surface area contributed by atoms with Crippen LogP contribution in [0.5, 0.6) is 0 Å². The highest BCUT2D eigenvalue weighted by molar-refractivity contribution is 7.62. The van der Waals surface area contributed by atoms with Crippen molar-refractivity contribution < 1.29 is 4.57 Å². The Hall–Kier alpha value is -1.37. The van der Waals surface area contributed by atoms with Crippen LogP contribution in [0.3, 0.4) is 0 Å². The van der Waals surface area contributed by atoms with Gasteiger partial charge in [-0.25, -0.2) is 0 Å². The van der Waals surface area contributed by atoms with E-state index in [1.807, 2.05) is 30.9 Å². The van der Waals surface area contributed by atoms with Crippen LogP contribution in [0.25, 0.3) is 0 Å². The van der Waals surface area contributed by atoms with Crippen LogP contribution in [0.2, 0.25) is 0 Å². The lowest BCUT2D eigenvalue weighted by atomic mass is 9.93. The number of rotatable bonds is 3. The van der Waals surface area contributed by atoms with Crippen molar-refractivity contribution in [1.29, 1.82) is 0 Å². The van der Waals surface area contributed by atoms with Crippen LogP contribution in [-0.4, -0.2) is 24.9 Å². The van der Waals surface area contributed by atoms with Gasteiger partial charge in [-0.3, -0.25) is 4.67 Å². The third kappa shape index (κ3) is 2.91. The lowest BCUT2D eigenvalue weighted by molar-refractivity contribution is 0.460. The average molecular weight is 313 g/mol. The molecule has 116 valence electrons. The average Bonchev–Trinajstić information content (AvgIpc) is 2.56. The molecule has 1 heterocycles. The second-order valence-electron chi connectivity index (χ2n) is 6.40. The molecule has 22 heavy (non-hydrogen) atoms. The Bertz CT molecular complexity index is 654. The van der Waals surface area contributed by atoms with Crippen molar-refractivity contribution in [3.8, 4) is 0 Å². The zero-order valence-corrected chi connectivity index (χ0v) is 14.2. The molecule has 3 unspecified atom stereocenters. The molecule has 0 bridgehead atoms. The Morgan fingerprint density at radius 3 is 1.95 bits per heavy atom. The zero-order chi connectivity index (χ0) is 15.6. The van der Waals surface area contributed by atoms with Crippen molar-refractivity contribution in [1.82, 2.24) is 4.67 Å². The minimum atomic E-state index is -2.41. The van der Waals surface area contributed by atoms with Gasteiger partial charge in [-0.15, -0.1) is 0 Å². The molecule has 0 radical (unpaired) electrons. The minimum Gasteiger partial charge on any atom is -0.306 e. The molecule has 1 aliphatic rings. The summed E-state index contributed by atoms with van der Waals surface area (Å²) in [7, 11) is 1.55. The summed E-state index contributed by atoms with van der Waals surface area (Å²) in [6.45, 7) is 0. The third-order valence-electron chi connectivity index (χ3n) is 4.89. The highest BCUT2D eigenvalue weighted by Crippen LogP contribution is 2.67. The smallest absolute Gasteiger partial charge is 0.157 e. The fraction of sp³-hybridized carbons (Fsp3) is 0.368. The van der Waals surface area contributed by atoms with Gasteiger partial charge in [0.25, 0.3) is 0 Å². The Balaban J connectivity index is 1.92. The van der Waals surface area contributed by atoms with Crippen molar-refractivity contribution in [3.63, 3.8) is 0 Å². The summed E-state index contributed by atoms with van der Waals surface area (Å²) in [6, 6.07) is 21.0. The third-order valence-corrected chi connectivity index (χ3v) is 8.74. The second-order valence-corrected chi connectivity index (χ2v) is 9.70. The minimum absolute atomic E-state index is 0.170. The van der Waals surface area contributed by atoms with Crippen LogP contribution in [0, 0.1) is 0 Å². The van der Waals surface area contributed by atoms with Crippen molar-refractivity contribution in [2.24, 2.45) is 0 Å². The lowest BCUT2D eigenvalue weighted by Gasteiger charge is -2.40. The number of hydrogen-bond acceptors (Lipinski definition) is 1. The van der Waals surface area contributed by atoms with Gasteiger partial charge in [0.15, 0.2) is 7.29 Å². The molecular formula is C19H24NOP. The Kier molecular flexibility index (Phi) is 4.52.